The highest BCUT2D eigenvalue weighted by Crippen LogP contribution is 1.94. The van der Waals surface area contributed by atoms with Gasteiger partial charge in [0.15, 0.2) is 0 Å². The van der Waals surface area contributed by atoms with Crippen LogP contribution in [0.2, 0.25) is 0 Å². The first kappa shape index (κ1) is 13.6. The Morgan fingerprint density at radius 1 is 0.842 bits per heavy atom. The summed E-state index contributed by atoms with van der Waals surface area (Å²) < 4.78 is 0. The second-order valence-corrected chi connectivity index (χ2v) is 6.67. The van der Waals surface area contributed by atoms with Gasteiger partial charge in [-0.3, -0.25) is 0 Å². The Hall–Kier alpha value is -1.78. The molecule has 2 aromatic rings. The van der Waals surface area contributed by atoms with Gasteiger partial charge in [-0.25, -0.2) is 0 Å². The summed E-state index contributed by atoms with van der Waals surface area (Å²) in [5.41, 5.74) is 3.54. The lowest BCUT2D eigenvalue weighted by atomic mass is 10.3. The third-order valence-electron chi connectivity index (χ3n) is 2.99. The van der Waals surface area contributed by atoms with Gasteiger partial charge < -0.3 is 0 Å². The summed E-state index contributed by atoms with van der Waals surface area (Å²) >= 11 is 0. The molecule has 0 aliphatic rings. The van der Waals surface area contributed by atoms with E-state index in [0.717, 1.165) is 6.42 Å². The first-order valence-corrected chi connectivity index (χ1v) is 8.38. The Balaban J connectivity index is 2.26. The monoisotopic (exact) mass is 263 g/mol. The average Bonchev–Trinajstić information content (AvgIpc) is 2.49. The van der Waals surface area contributed by atoms with Crippen molar-refractivity contribution in [2.24, 2.45) is 0 Å². The van der Waals surface area contributed by atoms with Crippen molar-refractivity contribution in [3.8, 4) is 11.5 Å². The molecule has 0 spiro atoms. The van der Waals surface area contributed by atoms with Crippen molar-refractivity contribution in [2.45, 2.75) is 26.2 Å². The molecule has 2 aromatic carbocycles. The van der Waals surface area contributed by atoms with E-state index < -0.39 is 8.80 Å². The zero-order valence-corrected chi connectivity index (χ0v) is 12.4. The van der Waals surface area contributed by atoms with Crippen molar-refractivity contribution in [3.63, 3.8) is 0 Å². The Bertz CT molecular complexity index is 495. The van der Waals surface area contributed by atoms with Gasteiger partial charge in [-0.05, 0) is 16.8 Å². The van der Waals surface area contributed by atoms with Crippen molar-refractivity contribution >= 4 is 19.2 Å². The lowest BCUT2D eigenvalue weighted by Gasteiger charge is -2.08. The van der Waals surface area contributed by atoms with Crippen molar-refractivity contribution in [1.29, 1.82) is 0 Å². The fourth-order valence-electron chi connectivity index (χ4n) is 1.94. The summed E-state index contributed by atoms with van der Waals surface area (Å²) in [5.74, 6) is 3.38. The highest BCUT2D eigenvalue weighted by Gasteiger charge is 2.13. The first-order chi connectivity index (χ1) is 9.42. The van der Waals surface area contributed by atoms with Crippen LogP contribution in [-0.2, 0) is 0 Å². The molecular weight excluding hydrogens is 244 g/mol. The van der Waals surface area contributed by atoms with E-state index in [4.69, 9.17) is 0 Å². The Labute approximate surface area is 118 Å². The summed E-state index contributed by atoms with van der Waals surface area (Å²) in [6, 6.07) is 21.4. The standard InChI is InChI=1S/C18H19Si/c1-2-3-4-11-16-19(17-12-7-5-8-13-17)18-14-9-6-10-15-18/h5-10,12-15H,2-4H2,1H3. The second-order valence-electron chi connectivity index (χ2n) is 4.51. The van der Waals surface area contributed by atoms with Crippen molar-refractivity contribution in [3.05, 3.63) is 60.7 Å². The van der Waals surface area contributed by atoms with Gasteiger partial charge in [0.2, 0.25) is 8.80 Å². The predicted octanol–water partition coefficient (Wildman–Crippen LogP) is 3.03. The average molecular weight is 263 g/mol. The minimum atomic E-state index is -0.941. The minimum Gasteiger partial charge on any atom is -0.121 e. The molecule has 0 aliphatic carbocycles. The molecule has 1 radical (unpaired) electrons. The van der Waals surface area contributed by atoms with Crippen LogP contribution in [0.5, 0.6) is 0 Å². The van der Waals surface area contributed by atoms with E-state index in [0.29, 0.717) is 0 Å². The van der Waals surface area contributed by atoms with Crippen molar-refractivity contribution in [2.75, 3.05) is 0 Å². The fourth-order valence-corrected chi connectivity index (χ4v) is 3.91. The van der Waals surface area contributed by atoms with Crippen molar-refractivity contribution < 1.29 is 0 Å². The maximum Gasteiger partial charge on any atom is 0.213 e. The number of unbranched alkanes of at least 4 members (excludes halogenated alkanes) is 2. The summed E-state index contributed by atoms with van der Waals surface area (Å²) in [5, 5.41) is 2.75. The SMILES string of the molecule is CCCCC#C[Si](c1ccccc1)c1ccccc1. The predicted molar refractivity (Wildman–Crippen MR) is 85.2 cm³/mol. The van der Waals surface area contributed by atoms with Gasteiger partial charge in [-0.15, -0.1) is 11.5 Å². The molecule has 0 atom stereocenters. The van der Waals surface area contributed by atoms with Gasteiger partial charge in [-0.2, -0.15) is 0 Å². The molecule has 0 saturated carbocycles. The lowest BCUT2D eigenvalue weighted by molar-refractivity contribution is 0.828. The van der Waals surface area contributed by atoms with Crippen LogP contribution in [0.1, 0.15) is 26.2 Å². The molecule has 2 rings (SSSR count). The Morgan fingerprint density at radius 3 is 1.84 bits per heavy atom. The van der Waals surface area contributed by atoms with Crippen LogP contribution in [0.15, 0.2) is 60.7 Å². The Kier molecular flexibility index (Phi) is 5.46. The van der Waals surface area contributed by atoms with E-state index in [2.05, 4.69) is 79.1 Å². The number of hydrogen-bond acceptors (Lipinski definition) is 0. The highest BCUT2D eigenvalue weighted by atomic mass is 28.3. The minimum absolute atomic E-state index is 0.941. The molecule has 0 heterocycles. The molecule has 1 heteroatoms. The molecule has 0 saturated heterocycles. The second kappa shape index (κ2) is 7.61. The molecule has 0 amide bonds. The molecule has 0 N–H and O–H groups in total. The molecular formula is C18H19Si. The van der Waals surface area contributed by atoms with Crippen LogP contribution in [0.4, 0.5) is 0 Å². The van der Waals surface area contributed by atoms with Gasteiger partial charge in [0.1, 0.15) is 0 Å². The van der Waals surface area contributed by atoms with E-state index in [1.54, 1.807) is 0 Å². The quantitative estimate of drug-likeness (QED) is 0.452. The summed E-state index contributed by atoms with van der Waals surface area (Å²) in [6.45, 7) is 2.21. The molecule has 0 nitrogen and oxygen atoms in total. The van der Waals surface area contributed by atoms with Gasteiger partial charge >= 0.3 is 0 Å². The molecule has 0 bridgehead atoms. The van der Waals surface area contributed by atoms with E-state index in [-0.39, 0.29) is 0 Å². The number of rotatable bonds is 4. The van der Waals surface area contributed by atoms with E-state index >= 15 is 0 Å². The van der Waals surface area contributed by atoms with E-state index in [1.807, 2.05) is 0 Å². The molecule has 0 unspecified atom stereocenters. The van der Waals surface area contributed by atoms with Gasteiger partial charge in [-0.1, -0.05) is 74.0 Å². The summed E-state index contributed by atoms with van der Waals surface area (Å²) in [7, 11) is -0.941. The Morgan fingerprint density at radius 2 is 1.37 bits per heavy atom. The molecule has 0 fully saturated rings. The van der Waals surface area contributed by atoms with Crippen LogP contribution >= 0.6 is 0 Å². The maximum atomic E-state index is 3.54. The van der Waals surface area contributed by atoms with Crippen LogP contribution < -0.4 is 10.4 Å². The van der Waals surface area contributed by atoms with Crippen LogP contribution in [0.25, 0.3) is 0 Å². The van der Waals surface area contributed by atoms with Gasteiger partial charge in [0.25, 0.3) is 0 Å². The van der Waals surface area contributed by atoms with Crippen molar-refractivity contribution in [1.82, 2.24) is 0 Å². The molecule has 95 valence electrons. The smallest absolute Gasteiger partial charge is 0.121 e. The number of hydrogen-bond donors (Lipinski definition) is 0. The zero-order chi connectivity index (χ0) is 13.3. The van der Waals surface area contributed by atoms with Crippen LogP contribution in [-0.4, -0.2) is 8.80 Å². The highest BCUT2D eigenvalue weighted by molar-refractivity contribution is 6.91. The summed E-state index contributed by atoms with van der Waals surface area (Å²) in [4.78, 5) is 0. The van der Waals surface area contributed by atoms with Gasteiger partial charge in [0.05, 0.1) is 0 Å². The van der Waals surface area contributed by atoms with E-state index in [1.165, 1.54) is 23.2 Å². The zero-order valence-electron chi connectivity index (χ0n) is 11.4. The fraction of sp³-hybridized carbons (Fsp3) is 0.222. The third-order valence-corrected chi connectivity index (χ3v) is 5.24. The van der Waals surface area contributed by atoms with E-state index in [9.17, 15) is 0 Å². The molecule has 0 aliphatic heterocycles. The van der Waals surface area contributed by atoms with Gasteiger partial charge in [0, 0.05) is 6.42 Å². The normalized spacial score (nSPS) is 10.0. The molecule has 0 aromatic heterocycles. The molecule has 19 heavy (non-hydrogen) atoms. The van der Waals surface area contributed by atoms with Crippen LogP contribution in [0, 0.1) is 11.5 Å². The largest absolute Gasteiger partial charge is 0.213 e. The van der Waals surface area contributed by atoms with Crippen LogP contribution in [0.3, 0.4) is 0 Å². The number of benzene rings is 2. The third kappa shape index (κ3) is 4.12. The summed E-state index contributed by atoms with van der Waals surface area (Å²) in [6.07, 6.45) is 3.43. The topological polar surface area (TPSA) is 0 Å². The first-order valence-electron chi connectivity index (χ1n) is 6.88. The lowest BCUT2D eigenvalue weighted by Crippen LogP contribution is -2.41. The maximum absolute atomic E-state index is 3.54.